The molecule has 1 heterocycles. The standard InChI is InChI=1S/C21H25BrN2O3/c1-15-3-5-16(6-4-15)20(24-9-11-27-12-10-24)14-23-21(25)18-13-17(26-2)7-8-19(18)22/h3-8,13,20H,9-12,14H2,1-2H3,(H,23,25). The Morgan fingerprint density at radius 2 is 1.93 bits per heavy atom. The van der Waals surface area contributed by atoms with Gasteiger partial charge >= 0.3 is 0 Å². The van der Waals surface area contributed by atoms with Gasteiger partial charge < -0.3 is 14.8 Å². The Morgan fingerprint density at radius 1 is 1.22 bits per heavy atom. The van der Waals surface area contributed by atoms with Crippen LogP contribution in [0.4, 0.5) is 0 Å². The number of rotatable bonds is 6. The van der Waals surface area contributed by atoms with Crippen LogP contribution in [0.2, 0.25) is 0 Å². The molecule has 6 heteroatoms. The molecule has 2 aromatic rings. The monoisotopic (exact) mass is 432 g/mol. The summed E-state index contributed by atoms with van der Waals surface area (Å²) < 4.78 is 11.5. The summed E-state index contributed by atoms with van der Waals surface area (Å²) in [5.41, 5.74) is 3.00. The van der Waals surface area contributed by atoms with E-state index in [-0.39, 0.29) is 11.9 Å². The van der Waals surface area contributed by atoms with E-state index in [2.05, 4.69) is 57.3 Å². The smallest absolute Gasteiger partial charge is 0.252 e. The molecule has 1 unspecified atom stereocenters. The molecular weight excluding hydrogens is 408 g/mol. The van der Waals surface area contributed by atoms with Crippen molar-refractivity contribution in [3.05, 3.63) is 63.6 Å². The number of nitrogens with zero attached hydrogens (tertiary/aromatic N) is 1. The fourth-order valence-corrected chi connectivity index (χ4v) is 3.65. The Morgan fingerprint density at radius 3 is 2.59 bits per heavy atom. The number of ether oxygens (including phenoxy) is 2. The molecule has 0 bridgehead atoms. The normalized spacial score (nSPS) is 16.0. The first-order chi connectivity index (χ1) is 13.1. The molecule has 2 aromatic carbocycles. The van der Waals surface area contributed by atoms with E-state index in [1.165, 1.54) is 11.1 Å². The zero-order valence-corrected chi connectivity index (χ0v) is 17.3. The van der Waals surface area contributed by atoms with Gasteiger partial charge in [0.2, 0.25) is 0 Å². The fourth-order valence-electron chi connectivity index (χ4n) is 3.23. The van der Waals surface area contributed by atoms with Gasteiger partial charge in [0.15, 0.2) is 0 Å². The van der Waals surface area contributed by atoms with Crippen molar-refractivity contribution < 1.29 is 14.3 Å². The lowest BCUT2D eigenvalue weighted by molar-refractivity contribution is 0.0162. The maximum Gasteiger partial charge on any atom is 0.252 e. The molecule has 144 valence electrons. The van der Waals surface area contributed by atoms with Crippen LogP contribution in [-0.2, 0) is 4.74 Å². The van der Waals surface area contributed by atoms with Crippen molar-refractivity contribution >= 4 is 21.8 Å². The summed E-state index contributed by atoms with van der Waals surface area (Å²) in [6, 6.07) is 14.0. The Balaban J connectivity index is 1.76. The van der Waals surface area contributed by atoms with E-state index in [1.807, 2.05) is 12.1 Å². The summed E-state index contributed by atoms with van der Waals surface area (Å²) in [4.78, 5) is 15.1. The molecule has 1 amide bonds. The Labute approximate surface area is 168 Å². The van der Waals surface area contributed by atoms with Gasteiger partial charge in [0.1, 0.15) is 5.75 Å². The number of hydrogen-bond acceptors (Lipinski definition) is 4. The fraction of sp³-hybridized carbons (Fsp3) is 0.381. The van der Waals surface area contributed by atoms with Gasteiger partial charge in [-0.3, -0.25) is 9.69 Å². The van der Waals surface area contributed by atoms with Gasteiger partial charge in [0, 0.05) is 24.1 Å². The minimum atomic E-state index is -0.119. The average molecular weight is 433 g/mol. The van der Waals surface area contributed by atoms with E-state index in [4.69, 9.17) is 9.47 Å². The molecule has 1 atom stereocenters. The highest BCUT2D eigenvalue weighted by Gasteiger charge is 2.23. The highest BCUT2D eigenvalue weighted by atomic mass is 79.9. The number of aryl methyl sites for hydroxylation is 1. The van der Waals surface area contributed by atoms with Crippen LogP contribution < -0.4 is 10.1 Å². The van der Waals surface area contributed by atoms with Gasteiger partial charge in [-0.1, -0.05) is 29.8 Å². The SMILES string of the molecule is COc1ccc(Br)c(C(=O)NCC(c2ccc(C)cc2)N2CCOCC2)c1. The molecule has 1 aliphatic heterocycles. The predicted octanol–water partition coefficient (Wildman–Crippen LogP) is 3.57. The minimum Gasteiger partial charge on any atom is -0.497 e. The number of carbonyl (C=O) groups is 1. The van der Waals surface area contributed by atoms with Crippen molar-refractivity contribution in [2.24, 2.45) is 0 Å². The third-order valence-electron chi connectivity index (χ3n) is 4.82. The Bertz CT molecular complexity index is 773. The molecule has 0 aromatic heterocycles. The molecule has 1 aliphatic rings. The number of morpholine rings is 1. The number of benzene rings is 2. The molecule has 0 spiro atoms. The second-order valence-electron chi connectivity index (χ2n) is 6.63. The van der Waals surface area contributed by atoms with E-state index in [0.717, 1.165) is 30.8 Å². The molecule has 1 saturated heterocycles. The molecule has 0 aliphatic carbocycles. The topological polar surface area (TPSA) is 50.8 Å². The lowest BCUT2D eigenvalue weighted by Crippen LogP contribution is -2.43. The van der Waals surface area contributed by atoms with Crippen LogP contribution in [0.5, 0.6) is 5.75 Å². The van der Waals surface area contributed by atoms with Gasteiger partial charge in [-0.05, 0) is 46.6 Å². The number of nitrogens with one attached hydrogen (secondary N) is 1. The zero-order chi connectivity index (χ0) is 19.2. The molecule has 3 rings (SSSR count). The summed E-state index contributed by atoms with van der Waals surface area (Å²) >= 11 is 3.45. The molecule has 27 heavy (non-hydrogen) atoms. The van der Waals surface area contributed by atoms with E-state index < -0.39 is 0 Å². The molecule has 0 saturated carbocycles. The van der Waals surface area contributed by atoms with Crippen LogP contribution in [0.3, 0.4) is 0 Å². The van der Waals surface area contributed by atoms with Crippen molar-refractivity contribution in [2.45, 2.75) is 13.0 Å². The third-order valence-corrected chi connectivity index (χ3v) is 5.51. The number of halogens is 1. The van der Waals surface area contributed by atoms with E-state index >= 15 is 0 Å². The van der Waals surface area contributed by atoms with Gasteiger partial charge in [0.05, 0.1) is 31.9 Å². The van der Waals surface area contributed by atoms with Gasteiger partial charge in [-0.2, -0.15) is 0 Å². The number of amides is 1. The summed E-state index contributed by atoms with van der Waals surface area (Å²) in [5.74, 6) is 0.540. The molecule has 5 nitrogen and oxygen atoms in total. The lowest BCUT2D eigenvalue weighted by atomic mass is 10.0. The van der Waals surface area contributed by atoms with Crippen molar-refractivity contribution in [3.8, 4) is 5.75 Å². The molecule has 0 radical (unpaired) electrons. The van der Waals surface area contributed by atoms with E-state index in [0.29, 0.717) is 17.9 Å². The second-order valence-corrected chi connectivity index (χ2v) is 7.48. The van der Waals surface area contributed by atoms with Crippen LogP contribution in [0.15, 0.2) is 46.9 Å². The number of carbonyl (C=O) groups excluding carboxylic acids is 1. The zero-order valence-electron chi connectivity index (χ0n) is 15.7. The summed E-state index contributed by atoms with van der Waals surface area (Å²) in [5, 5.41) is 3.09. The Kier molecular flexibility index (Phi) is 6.88. The highest BCUT2D eigenvalue weighted by molar-refractivity contribution is 9.10. The van der Waals surface area contributed by atoms with E-state index in [9.17, 15) is 4.79 Å². The molecule has 1 fully saturated rings. The first kappa shape index (κ1) is 19.9. The summed E-state index contributed by atoms with van der Waals surface area (Å²) in [7, 11) is 1.59. The van der Waals surface area contributed by atoms with Crippen LogP contribution in [0.1, 0.15) is 27.5 Å². The maximum absolute atomic E-state index is 12.8. The molecule has 1 N–H and O–H groups in total. The van der Waals surface area contributed by atoms with Crippen molar-refractivity contribution in [1.82, 2.24) is 10.2 Å². The van der Waals surface area contributed by atoms with Gasteiger partial charge in [0.25, 0.3) is 5.91 Å². The average Bonchev–Trinajstić information content (AvgIpc) is 2.70. The first-order valence-corrected chi connectivity index (χ1v) is 9.88. The van der Waals surface area contributed by atoms with Crippen LogP contribution in [0, 0.1) is 6.92 Å². The largest absolute Gasteiger partial charge is 0.497 e. The van der Waals surface area contributed by atoms with Gasteiger partial charge in [-0.15, -0.1) is 0 Å². The minimum absolute atomic E-state index is 0.114. The van der Waals surface area contributed by atoms with Crippen LogP contribution in [0.25, 0.3) is 0 Å². The lowest BCUT2D eigenvalue weighted by Gasteiger charge is -2.35. The summed E-state index contributed by atoms with van der Waals surface area (Å²) in [6.07, 6.45) is 0. The van der Waals surface area contributed by atoms with Crippen molar-refractivity contribution in [1.29, 1.82) is 0 Å². The predicted molar refractivity (Wildman–Crippen MR) is 109 cm³/mol. The number of methoxy groups -OCH3 is 1. The van der Waals surface area contributed by atoms with Gasteiger partial charge in [-0.25, -0.2) is 0 Å². The first-order valence-electron chi connectivity index (χ1n) is 9.08. The van der Waals surface area contributed by atoms with Crippen molar-refractivity contribution in [3.63, 3.8) is 0 Å². The Hall–Kier alpha value is -1.89. The van der Waals surface area contributed by atoms with Crippen molar-refractivity contribution in [2.75, 3.05) is 40.0 Å². The quantitative estimate of drug-likeness (QED) is 0.757. The van der Waals surface area contributed by atoms with Crippen LogP contribution >= 0.6 is 15.9 Å². The van der Waals surface area contributed by atoms with E-state index in [1.54, 1.807) is 13.2 Å². The maximum atomic E-state index is 12.8. The summed E-state index contributed by atoms with van der Waals surface area (Å²) in [6.45, 7) is 5.77. The third kappa shape index (κ3) is 5.09. The second kappa shape index (κ2) is 9.35. The highest BCUT2D eigenvalue weighted by Crippen LogP contribution is 2.24. The number of hydrogen-bond donors (Lipinski definition) is 1. The molecular formula is C21H25BrN2O3. The van der Waals surface area contributed by atoms with Crippen LogP contribution in [-0.4, -0.2) is 50.8 Å².